The maximum absolute atomic E-state index is 12.7. The summed E-state index contributed by atoms with van der Waals surface area (Å²) >= 11 is 0. The van der Waals surface area contributed by atoms with Gasteiger partial charge in [0.15, 0.2) is 35.4 Å². The molecule has 0 radical (unpaired) electrons. The number of rotatable bonds is 9. The summed E-state index contributed by atoms with van der Waals surface area (Å²) in [6.45, 7) is 4.38. The average Bonchev–Trinajstić information content (AvgIpc) is 2.95. The predicted octanol–water partition coefficient (Wildman–Crippen LogP) is 3.21. The molecule has 0 bridgehead atoms. The van der Waals surface area contributed by atoms with Crippen LogP contribution in [0.3, 0.4) is 0 Å². The second kappa shape index (κ2) is 11.7. The number of hydrogen-bond donors (Lipinski definition) is 0. The van der Waals surface area contributed by atoms with E-state index in [1.54, 1.807) is 33.3 Å². The molecule has 1 amide bonds. The molecule has 37 heavy (non-hydrogen) atoms. The first-order valence-electron chi connectivity index (χ1n) is 11.9. The molecule has 10 heteroatoms. The second-order valence-corrected chi connectivity index (χ2v) is 8.50. The van der Waals surface area contributed by atoms with Gasteiger partial charge in [0.1, 0.15) is 0 Å². The van der Waals surface area contributed by atoms with Crippen molar-refractivity contribution in [2.24, 2.45) is 0 Å². The fourth-order valence-electron chi connectivity index (χ4n) is 4.19. The standard InChI is InChI=1S/C27H32N4O6/c1-18-6-8-21(22(14-18)33-2)37-17-26(32)31-12-10-30(11-13-31)25-9-7-20(28-29-25)19-15-23(34-3)27(36-5)24(16-19)35-4/h6-9,14-16H,10-13,17H2,1-5H3. The molecule has 1 aromatic heterocycles. The molecule has 3 aromatic rings. The van der Waals surface area contributed by atoms with Gasteiger partial charge < -0.3 is 33.5 Å². The van der Waals surface area contributed by atoms with E-state index >= 15 is 0 Å². The lowest BCUT2D eigenvalue weighted by Crippen LogP contribution is -2.50. The highest BCUT2D eigenvalue weighted by Crippen LogP contribution is 2.40. The van der Waals surface area contributed by atoms with Gasteiger partial charge in [0.25, 0.3) is 5.91 Å². The zero-order valence-electron chi connectivity index (χ0n) is 21.8. The summed E-state index contributed by atoms with van der Waals surface area (Å²) < 4.78 is 27.4. The molecule has 1 fully saturated rings. The Morgan fingerprint density at radius 1 is 0.784 bits per heavy atom. The van der Waals surface area contributed by atoms with Crippen molar-refractivity contribution in [2.45, 2.75) is 6.92 Å². The number of amides is 1. The van der Waals surface area contributed by atoms with E-state index in [9.17, 15) is 4.79 Å². The van der Waals surface area contributed by atoms with Gasteiger partial charge in [0.05, 0.1) is 34.1 Å². The SMILES string of the molecule is COc1cc(C)ccc1OCC(=O)N1CCN(c2ccc(-c3cc(OC)c(OC)c(OC)c3)nn2)CC1. The van der Waals surface area contributed by atoms with Gasteiger partial charge in [-0.2, -0.15) is 0 Å². The molecule has 1 aliphatic rings. The van der Waals surface area contributed by atoms with Crippen LogP contribution >= 0.6 is 0 Å². The van der Waals surface area contributed by atoms with Crippen LogP contribution in [-0.2, 0) is 4.79 Å². The van der Waals surface area contributed by atoms with E-state index in [1.807, 2.05) is 49.4 Å². The molecule has 2 heterocycles. The van der Waals surface area contributed by atoms with Crippen molar-refractivity contribution >= 4 is 11.7 Å². The van der Waals surface area contributed by atoms with Crippen molar-refractivity contribution in [2.75, 3.05) is 66.1 Å². The van der Waals surface area contributed by atoms with Crippen LogP contribution in [0.15, 0.2) is 42.5 Å². The van der Waals surface area contributed by atoms with Gasteiger partial charge in [0.2, 0.25) is 5.75 Å². The Labute approximate surface area is 216 Å². The molecule has 0 aliphatic carbocycles. The Balaban J connectivity index is 1.35. The minimum absolute atomic E-state index is 0.0390. The Morgan fingerprint density at radius 3 is 2.03 bits per heavy atom. The first-order chi connectivity index (χ1) is 18.0. The van der Waals surface area contributed by atoms with Crippen molar-refractivity contribution in [3.05, 3.63) is 48.0 Å². The number of carbonyl (C=O) groups excluding carboxylic acids is 1. The van der Waals surface area contributed by atoms with Crippen LogP contribution in [-0.4, -0.2) is 82.2 Å². The Kier molecular flexibility index (Phi) is 8.17. The number of carbonyl (C=O) groups is 1. The van der Waals surface area contributed by atoms with E-state index in [1.165, 1.54) is 0 Å². The lowest BCUT2D eigenvalue weighted by atomic mass is 10.1. The molecule has 0 unspecified atom stereocenters. The smallest absolute Gasteiger partial charge is 0.260 e. The number of anilines is 1. The summed E-state index contributed by atoms with van der Waals surface area (Å²) in [6, 6.07) is 13.1. The maximum Gasteiger partial charge on any atom is 0.260 e. The minimum Gasteiger partial charge on any atom is -0.493 e. The van der Waals surface area contributed by atoms with E-state index in [4.69, 9.17) is 23.7 Å². The Bertz CT molecular complexity index is 1200. The van der Waals surface area contributed by atoms with Gasteiger partial charge in [-0.05, 0) is 48.9 Å². The van der Waals surface area contributed by atoms with Crippen LogP contribution < -0.4 is 28.6 Å². The molecule has 0 saturated carbocycles. The molecule has 0 atom stereocenters. The summed E-state index contributed by atoms with van der Waals surface area (Å²) in [5, 5.41) is 8.84. The topological polar surface area (TPSA) is 95.5 Å². The number of aryl methyl sites for hydroxylation is 1. The molecule has 4 rings (SSSR count). The number of piperazine rings is 1. The maximum atomic E-state index is 12.7. The summed E-state index contributed by atoms with van der Waals surface area (Å²) in [7, 11) is 6.30. The van der Waals surface area contributed by atoms with Gasteiger partial charge in [0, 0.05) is 31.7 Å². The lowest BCUT2D eigenvalue weighted by Gasteiger charge is -2.35. The number of methoxy groups -OCH3 is 4. The Hall–Kier alpha value is -4.21. The zero-order chi connectivity index (χ0) is 26.4. The molecule has 0 N–H and O–H groups in total. The van der Waals surface area contributed by atoms with E-state index in [0.29, 0.717) is 60.6 Å². The van der Waals surface area contributed by atoms with Crippen molar-refractivity contribution < 1.29 is 28.5 Å². The fourth-order valence-corrected chi connectivity index (χ4v) is 4.19. The minimum atomic E-state index is -0.0638. The molecule has 1 aliphatic heterocycles. The monoisotopic (exact) mass is 508 g/mol. The molecule has 0 spiro atoms. The molecular weight excluding hydrogens is 476 g/mol. The van der Waals surface area contributed by atoms with Crippen LogP contribution in [0.1, 0.15) is 5.56 Å². The number of aromatic nitrogens is 2. The molecule has 196 valence electrons. The quantitative estimate of drug-likeness (QED) is 0.432. The summed E-state index contributed by atoms with van der Waals surface area (Å²) in [6.07, 6.45) is 0. The third kappa shape index (κ3) is 5.79. The van der Waals surface area contributed by atoms with Crippen molar-refractivity contribution in [1.29, 1.82) is 0 Å². The number of nitrogens with zero attached hydrogens (tertiary/aromatic N) is 4. The predicted molar refractivity (Wildman–Crippen MR) is 139 cm³/mol. The van der Waals surface area contributed by atoms with Crippen LogP contribution in [0.2, 0.25) is 0 Å². The van der Waals surface area contributed by atoms with Crippen molar-refractivity contribution in [3.8, 4) is 40.0 Å². The normalized spacial score (nSPS) is 13.2. The average molecular weight is 509 g/mol. The van der Waals surface area contributed by atoms with E-state index < -0.39 is 0 Å². The van der Waals surface area contributed by atoms with E-state index in [0.717, 1.165) is 16.9 Å². The highest BCUT2D eigenvalue weighted by atomic mass is 16.5. The summed E-state index contributed by atoms with van der Waals surface area (Å²) in [5.41, 5.74) is 2.54. The number of benzene rings is 2. The zero-order valence-corrected chi connectivity index (χ0v) is 21.8. The van der Waals surface area contributed by atoms with Crippen LogP contribution in [0, 0.1) is 6.92 Å². The van der Waals surface area contributed by atoms with Crippen molar-refractivity contribution in [1.82, 2.24) is 15.1 Å². The second-order valence-electron chi connectivity index (χ2n) is 8.50. The van der Waals surface area contributed by atoms with Crippen LogP contribution in [0.25, 0.3) is 11.3 Å². The van der Waals surface area contributed by atoms with Gasteiger partial charge in [-0.3, -0.25) is 4.79 Å². The van der Waals surface area contributed by atoms with Crippen LogP contribution in [0.5, 0.6) is 28.7 Å². The van der Waals surface area contributed by atoms with Crippen molar-refractivity contribution in [3.63, 3.8) is 0 Å². The number of hydrogen-bond acceptors (Lipinski definition) is 9. The number of ether oxygens (including phenoxy) is 5. The third-order valence-electron chi connectivity index (χ3n) is 6.24. The largest absolute Gasteiger partial charge is 0.493 e. The van der Waals surface area contributed by atoms with Gasteiger partial charge in [-0.1, -0.05) is 6.07 Å². The van der Waals surface area contributed by atoms with Gasteiger partial charge in [-0.15, -0.1) is 10.2 Å². The summed E-state index contributed by atoms with van der Waals surface area (Å²) in [5.74, 6) is 3.49. The van der Waals surface area contributed by atoms with Crippen LogP contribution in [0.4, 0.5) is 5.82 Å². The van der Waals surface area contributed by atoms with E-state index in [2.05, 4.69) is 15.1 Å². The highest BCUT2D eigenvalue weighted by Gasteiger charge is 2.23. The molecule has 2 aromatic carbocycles. The third-order valence-corrected chi connectivity index (χ3v) is 6.24. The first-order valence-corrected chi connectivity index (χ1v) is 11.9. The Morgan fingerprint density at radius 2 is 1.46 bits per heavy atom. The molecule has 1 saturated heterocycles. The summed E-state index contributed by atoms with van der Waals surface area (Å²) in [4.78, 5) is 16.6. The molecule has 10 nitrogen and oxygen atoms in total. The fraction of sp³-hybridized carbons (Fsp3) is 0.370. The highest BCUT2D eigenvalue weighted by molar-refractivity contribution is 5.78. The first kappa shape index (κ1) is 25.9. The van der Waals surface area contributed by atoms with Gasteiger partial charge in [-0.25, -0.2) is 0 Å². The molecular formula is C27H32N4O6. The lowest BCUT2D eigenvalue weighted by molar-refractivity contribution is -0.133. The van der Waals surface area contributed by atoms with Gasteiger partial charge >= 0.3 is 0 Å². The van der Waals surface area contributed by atoms with E-state index in [-0.39, 0.29) is 12.5 Å².